The summed E-state index contributed by atoms with van der Waals surface area (Å²) in [5, 5.41) is 3.89. The highest BCUT2D eigenvalue weighted by Crippen LogP contribution is 2.50. The minimum atomic E-state index is 0.695. The first-order valence-corrected chi connectivity index (χ1v) is 8.97. The van der Waals surface area contributed by atoms with E-state index >= 15 is 0 Å². The molecule has 3 rings (SSSR count). The molecule has 0 aliphatic heterocycles. The van der Waals surface area contributed by atoms with Gasteiger partial charge in [-0.2, -0.15) is 0 Å². The number of fused-ring (bicyclic) bond motifs is 2. The van der Waals surface area contributed by atoms with Crippen LogP contribution < -0.4 is 5.32 Å². The molecule has 4 atom stereocenters. The van der Waals surface area contributed by atoms with E-state index in [2.05, 4.69) is 44.3 Å². The van der Waals surface area contributed by atoms with Crippen LogP contribution in [0.4, 0.5) is 0 Å². The van der Waals surface area contributed by atoms with Gasteiger partial charge in [-0.15, -0.1) is 0 Å². The molecule has 1 nitrogen and oxygen atoms in total. The molecule has 116 valence electrons. The molecule has 2 aliphatic rings. The Labute approximate surface area is 130 Å². The molecule has 0 spiro atoms. The Hall–Kier alpha value is -0.820. The molecule has 0 aromatic heterocycles. The topological polar surface area (TPSA) is 12.0 Å². The van der Waals surface area contributed by atoms with Gasteiger partial charge in [-0.05, 0) is 81.4 Å². The quantitative estimate of drug-likeness (QED) is 0.802. The van der Waals surface area contributed by atoms with Gasteiger partial charge in [-0.1, -0.05) is 37.1 Å². The van der Waals surface area contributed by atoms with Gasteiger partial charge in [0.25, 0.3) is 0 Å². The van der Waals surface area contributed by atoms with Gasteiger partial charge in [0.15, 0.2) is 0 Å². The van der Waals surface area contributed by atoms with Gasteiger partial charge in [-0.3, -0.25) is 0 Å². The zero-order chi connectivity index (χ0) is 14.8. The van der Waals surface area contributed by atoms with E-state index < -0.39 is 0 Å². The van der Waals surface area contributed by atoms with Crippen molar-refractivity contribution in [1.82, 2.24) is 5.32 Å². The van der Waals surface area contributed by atoms with Crippen molar-refractivity contribution in [2.75, 3.05) is 6.54 Å². The molecule has 2 bridgehead atoms. The van der Waals surface area contributed by atoms with E-state index in [1.165, 1.54) is 56.2 Å². The van der Waals surface area contributed by atoms with Gasteiger partial charge in [0.1, 0.15) is 0 Å². The van der Waals surface area contributed by atoms with Gasteiger partial charge in [0.05, 0.1) is 0 Å². The molecule has 0 amide bonds. The summed E-state index contributed by atoms with van der Waals surface area (Å²) in [4.78, 5) is 0. The second-order valence-electron chi connectivity index (χ2n) is 7.53. The molecule has 2 aliphatic carbocycles. The summed E-state index contributed by atoms with van der Waals surface area (Å²) in [7, 11) is 0. The summed E-state index contributed by atoms with van der Waals surface area (Å²) in [6.07, 6.45) is 8.46. The van der Waals surface area contributed by atoms with Gasteiger partial charge in [0, 0.05) is 6.04 Å². The van der Waals surface area contributed by atoms with Crippen LogP contribution in [-0.4, -0.2) is 12.6 Å². The van der Waals surface area contributed by atoms with Crippen LogP contribution in [-0.2, 0) is 6.42 Å². The predicted octanol–water partition coefficient (Wildman–Crippen LogP) is 4.65. The number of benzene rings is 1. The minimum Gasteiger partial charge on any atom is -0.313 e. The Morgan fingerprint density at radius 3 is 2.71 bits per heavy atom. The largest absolute Gasteiger partial charge is 0.313 e. The average molecular weight is 285 g/mol. The molecule has 1 heteroatoms. The molecule has 1 N–H and O–H groups in total. The Kier molecular flexibility index (Phi) is 4.69. The van der Waals surface area contributed by atoms with E-state index in [1.807, 2.05) is 0 Å². The summed E-state index contributed by atoms with van der Waals surface area (Å²) >= 11 is 0. The number of rotatable bonds is 6. The van der Waals surface area contributed by atoms with Crippen molar-refractivity contribution >= 4 is 0 Å². The summed E-state index contributed by atoms with van der Waals surface area (Å²) in [6.45, 7) is 7.94. The molecule has 2 saturated carbocycles. The van der Waals surface area contributed by atoms with Crippen LogP contribution in [0.3, 0.4) is 0 Å². The first-order chi connectivity index (χ1) is 10.2. The summed E-state index contributed by atoms with van der Waals surface area (Å²) in [6, 6.07) is 7.64. The highest BCUT2D eigenvalue weighted by molar-refractivity contribution is 5.31. The number of hydrogen-bond donors (Lipinski definition) is 1. The summed E-state index contributed by atoms with van der Waals surface area (Å²) in [5.74, 6) is 2.98. The Morgan fingerprint density at radius 1 is 1.19 bits per heavy atom. The van der Waals surface area contributed by atoms with Crippen LogP contribution in [0.2, 0.25) is 0 Å². The Morgan fingerprint density at radius 2 is 2.05 bits per heavy atom. The fourth-order valence-electron chi connectivity index (χ4n) is 4.75. The fraction of sp³-hybridized carbons (Fsp3) is 0.700. The molecule has 0 saturated heterocycles. The van der Waals surface area contributed by atoms with Crippen molar-refractivity contribution in [1.29, 1.82) is 0 Å². The molecule has 0 heterocycles. The number of nitrogens with one attached hydrogen (secondary N) is 1. The van der Waals surface area contributed by atoms with E-state index in [0.29, 0.717) is 6.04 Å². The Bertz CT molecular complexity index is 479. The summed E-state index contributed by atoms with van der Waals surface area (Å²) in [5.41, 5.74) is 4.43. The second-order valence-corrected chi connectivity index (χ2v) is 7.53. The van der Waals surface area contributed by atoms with Crippen LogP contribution in [0.15, 0.2) is 18.2 Å². The molecule has 1 aromatic carbocycles. The van der Waals surface area contributed by atoms with E-state index in [9.17, 15) is 0 Å². The molecule has 21 heavy (non-hydrogen) atoms. The van der Waals surface area contributed by atoms with E-state index in [0.717, 1.165) is 17.8 Å². The fourth-order valence-corrected chi connectivity index (χ4v) is 4.75. The molecule has 0 radical (unpaired) electrons. The lowest BCUT2D eigenvalue weighted by Crippen LogP contribution is -2.41. The third kappa shape index (κ3) is 3.34. The third-order valence-corrected chi connectivity index (χ3v) is 5.91. The number of aryl methyl sites for hydroxylation is 2. The lowest BCUT2D eigenvalue weighted by Gasteiger charge is -2.32. The minimum absolute atomic E-state index is 0.695. The van der Waals surface area contributed by atoms with Crippen LogP contribution in [0.5, 0.6) is 0 Å². The van der Waals surface area contributed by atoms with Crippen LogP contribution in [0, 0.1) is 31.6 Å². The lowest BCUT2D eigenvalue weighted by molar-refractivity contribution is 0.246. The third-order valence-electron chi connectivity index (χ3n) is 5.91. The normalized spacial score (nSPS) is 29.0. The second kappa shape index (κ2) is 6.52. The monoisotopic (exact) mass is 285 g/mol. The summed E-state index contributed by atoms with van der Waals surface area (Å²) < 4.78 is 0. The van der Waals surface area contributed by atoms with Crippen molar-refractivity contribution in [3.63, 3.8) is 0 Å². The highest BCUT2D eigenvalue weighted by Gasteiger charge is 2.42. The highest BCUT2D eigenvalue weighted by atomic mass is 14.9. The zero-order valence-electron chi connectivity index (χ0n) is 14.0. The van der Waals surface area contributed by atoms with Gasteiger partial charge in [0.2, 0.25) is 0 Å². The smallest absolute Gasteiger partial charge is 0.0139 e. The van der Waals surface area contributed by atoms with Crippen LogP contribution in [0.25, 0.3) is 0 Å². The SMILES string of the molecule is CCCNC(Cc1cc(C)ccc1C)C1CC2CCC1C2. The van der Waals surface area contributed by atoms with Crippen molar-refractivity contribution in [2.24, 2.45) is 17.8 Å². The van der Waals surface area contributed by atoms with Crippen molar-refractivity contribution in [3.05, 3.63) is 34.9 Å². The molecule has 2 fully saturated rings. The first-order valence-electron chi connectivity index (χ1n) is 8.97. The van der Waals surface area contributed by atoms with Crippen molar-refractivity contribution < 1.29 is 0 Å². The first kappa shape index (κ1) is 15.1. The van der Waals surface area contributed by atoms with Crippen LogP contribution >= 0.6 is 0 Å². The van der Waals surface area contributed by atoms with Gasteiger partial charge in [-0.25, -0.2) is 0 Å². The van der Waals surface area contributed by atoms with E-state index in [1.54, 1.807) is 5.56 Å². The van der Waals surface area contributed by atoms with Crippen molar-refractivity contribution in [3.8, 4) is 0 Å². The van der Waals surface area contributed by atoms with Gasteiger partial charge < -0.3 is 5.32 Å². The molecule has 1 aromatic rings. The lowest BCUT2D eigenvalue weighted by atomic mass is 9.80. The van der Waals surface area contributed by atoms with Crippen LogP contribution in [0.1, 0.15) is 55.7 Å². The Balaban J connectivity index is 1.74. The average Bonchev–Trinajstić information content (AvgIpc) is 3.09. The molecular weight excluding hydrogens is 254 g/mol. The van der Waals surface area contributed by atoms with E-state index in [4.69, 9.17) is 0 Å². The van der Waals surface area contributed by atoms with Crippen molar-refractivity contribution in [2.45, 2.75) is 65.3 Å². The predicted molar refractivity (Wildman–Crippen MR) is 90.6 cm³/mol. The maximum atomic E-state index is 3.89. The maximum Gasteiger partial charge on any atom is 0.0139 e. The zero-order valence-corrected chi connectivity index (χ0v) is 14.0. The van der Waals surface area contributed by atoms with Gasteiger partial charge >= 0.3 is 0 Å². The molecule has 4 unspecified atom stereocenters. The maximum absolute atomic E-state index is 3.89. The number of hydrogen-bond acceptors (Lipinski definition) is 1. The molecular formula is C20H31N. The van der Waals surface area contributed by atoms with E-state index in [-0.39, 0.29) is 0 Å². The standard InChI is InChI=1S/C20H31N/c1-4-9-21-20(19-12-16-7-8-17(19)11-16)13-18-10-14(2)5-6-15(18)3/h5-6,10,16-17,19-21H,4,7-9,11-13H2,1-3H3.